The second kappa shape index (κ2) is 6.74. The standard InChI is InChI=1S/C16H10N2O9S/c1-9-6-16(19)26-14-8-11(3-4-12(9)14)27-28(24,25)15-5-2-10(17(20)21)7-13(15)18(22)23/h2-8H,1H3. The van der Waals surface area contributed by atoms with E-state index >= 15 is 0 Å². The molecule has 1 aromatic heterocycles. The molecule has 0 fully saturated rings. The number of non-ortho nitro benzene ring substituents is 1. The van der Waals surface area contributed by atoms with Gasteiger partial charge in [0.05, 0.1) is 15.9 Å². The lowest BCUT2D eigenvalue weighted by atomic mass is 10.1. The van der Waals surface area contributed by atoms with Crippen molar-refractivity contribution in [3.05, 3.63) is 78.7 Å². The van der Waals surface area contributed by atoms with Crippen LogP contribution in [0.3, 0.4) is 0 Å². The Balaban J connectivity index is 2.07. The Bertz CT molecular complexity index is 1300. The van der Waals surface area contributed by atoms with Crippen molar-refractivity contribution in [1.29, 1.82) is 0 Å². The maximum atomic E-state index is 12.5. The average molecular weight is 406 g/mol. The zero-order chi connectivity index (χ0) is 20.6. The van der Waals surface area contributed by atoms with Gasteiger partial charge in [-0.1, -0.05) is 0 Å². The molecule has 0 aliphatic carbocycles. The summed E-state index contributed by atoms with van der Waals surface area (Å²) in [6.07, 6.45) is 0. The van der Waals surface area contributed by atoms with Crippen molar-refractivity contribution in [2.75, 3.05) is 0 Å². The van der Waals surface area contributed by atoms with Crippen LogP contribution in [0.15, 0.2) is 56.6 Å². The number of fused-ring (bicyclic) bond motifs is 1. The van der Waals surface area contributed by atoms with Crippen LogP contribution in [0, 0.1) is 27.2 Å². The highest BCUT2D eigenvalue weighted by Gasteiger charge is 2.30. The van der Waals surface area contributed by atoms with Gasteiger partial charge in [-0.15, -0.1) is 0 Å². The van der Waals surface area contributed by atoms with Gasteiger partial charge in [0.15, 0.2) is 4.90 Å². The SMILES string of the molecule is Cc1cc(=O)oc2cc(OS(=O)(=O)c3ccc([N+](=O)[O-])cc3[N+](=O)[O-])ccc12. The first-order chi connectivity index (χ1) is 13.1. The molecular formula is C16H10N2O9S. The van der Waals surface area contributed by atoms with Crippen molar-refractivity contribution >= 4 is 32.5 Å². The Morgan fingerprint density at radius 3 is 2.36 bits per heavy atom. The second-order valence-electron chi connectivity index (χ2n) is 5.61. The first-order valence-electron chi connectivity index (χ1n) is 7.50. The van der Waals surface area contributed by atoms with Crippen LogP contribution in [0.5, 0.6) is 5.75 Å². The number of hydrogen-bond donors (Lipinski definition) is 0. The molecular weight excluding hydrogens is 396 g/mol. The van der Waals surface area contributed by atoms with Crippen LogP contribution in [-0.2, 0) is 10.1 Å². The van der Waals surface area contributed by atoms with Crippen molar-refractivity contribution in [2.45, 2.75) is 11.8 Å². The van der Waals surface area contributed by atoms with E-state index in [1.165, 1.54) is 18.2 Å². The number of nitro groups is 2. The molecule has 0 saturated carbocycles. The van der Waals surface area contributed by atoms with Gasteiger partial charge in [-0.05, 0) is 30.7 Å². The molecule has 1 heterocycles. The quantitative estimate of drug-likeness (QED) is 0.268. The zero-order valence-electron chi connectivity index (χ0n) is 14.0. The molecule has 0 amide bonds. The van der Waals surface area contributed by atoms with Gasteiger partial charge in [0, 0.05) is 23.6 Å². The van der Waals surface area contributed by atoms with Gasteiger partial charge in [-0.2, -0.15) is 8.42 Å². The minimum atomic E-state index is -4.70. The third-order valence-corrected chi connectivity index (χ3v) is 5.04. The van der Waals surface area contributed by atoms with Crippen LogP contribution in [0.2, 0.25) is 0 Å². The van der Waals surface area contributed by atoms with Gasteiger partial charge < -0.3 is 8.60 Å². The van der Waals surface area contributed by atoms with Crippen molar-refractivity contribution in [1.82, 2.24) is 0 Å². The molecule has 3 aromatic rings. The van der Waals surface area contributed by atoms with E-state index in [1.807, 2.05) is 0 Å². The fourth-order valence-corrected chi connectivity index (χ4v) is 3.57. The highest BCUT2D eigenvalue weighted by molar-refractivity contribution is 7.87. The minimum absolute atomic E-state index is 0.0656. The third kappa shape index (κ3) is 3.53. The average Bonchev–Trinajstić information content (AvgIpc) is 2.60. The van der Waals surface area contributed by atoms with E-state index < -0.39 is 41.9 Å². The van der Waals surface area contributed by atoms with Gasteiger partial charge in [-0.25, -0.2) is 4.79 Å². The summed E-state index contributed by atoms with van der Waals surface area (Å²) in [7, 11) is -4.70. The van der Waals surface area contributed by atoms with Gasteiger partial charge >= 0.3 is 15.7 Å². The predicted octanol–water partition coefficient (Wildman–Crippen LogP) is 2.69. The molecule has 0 aliphatic heterocycles. The summed E-state index contributed by atoms with van der Waals surface area (Å²) in [4.78, 5) is 30.6. The fraction of sp³-hybridized carbons (Fsp3) is 0.0625. The second-order valence-corrected chi connectivity index (χ2v) is 7.12. The molecule has 0 spiro atoms. The summed E-state index contributed by atoms with van der Waals surface area (Å²) in [6.45, 7) is 1.66. The molecule has 0 atom stereocenters. The van der Waals surface area contributed by atoms with Crippen LogP contribution in [0.1, 0.15) is 5.56 Å². The summed E-state index contributed by atoms with van der Waals surface area (Å²) in [6, 6.07) is 7.22. The summed E-state index contributed by atoms with van der Waals surface area (Å²) in [5.41, 5.74) is -1.62. The monoisotopic (exact) mass is 406 g/mol. The Morgan fingerprint density at radius 2 is 1.71 bits per heavy atom. The van der Waals surface area contributed by atoms with Crippen LogP contribution in [0.4, 0.5) is 11.4 Å². The number of benzene rings is 2. The Hall–Kier alpha value is -3.80. The molecule has 11 nitrogen and oxygen atoms in total. The van der Waals surface area contributed by atoms with E-state index in [4.69, 9.17) is 8.60 Å². The van der Waals surface area contributed by atoms with E-state index in [0.29, 0.717) is 17.0 Å². The van der Waals surface area contributed by atoms with E-state index in [0.717, 1.165) is 18.2 Å². The smallest absolute Gasteiger partial charge is 0.346 e. The molecule has 0 radical (unpaired) electrons. The van der Waals surface area contributed by atoms with Gasteiger partial charge in [0.25, 0.3) is 11.4 Å². The van der Waals surface area contributed by atoms with Crippen LogP contribution < -0.4 is 9.81 Å². The summed E-state index contributed by atoms with van der Waals surface area (Å²) in [5, 5.41) is 22.5. The van der Waals surface area contributed by atoms with E-state index in [1.54, 1.807) is 6.92 Å². The Labute approximate surface area is 156 Å². The lowest BCUT2D eigenvalue weighted by Crippen LogP contribution is -2.12. The molecule has 0 N–H and O–H groups in total. The molecule has 0 aliphatic rings. The van der Waals surface area contributed by atoms with E-state index in [-0.39, 0.29) is 11.3 Å². The van der Waals surface area contributed by atoms with Gasteiger partial charge in [0.1, 0.15) is 11.3 Å². The van der Waals surface area contributed by atoms with Crippen molar-refractivity contribution in [2.24, 2.45) is 0 Å². The first kappa shape index (κ1) is 19.0. The number of nitrogens with zero attached hydrogens (tertiary/aromatic N) is 2. The van der Waals surface area contributed by atoms with Crippen LogP contribution >= 0.6 is 0 Å². The Morgan fingerprint density at radius 1 is 1.00 bits per heavy atom. The number of rotatable bonds is 5. The van der Waals surface area contributed by atoms with E-state index in [9.17, 15) is 33.4 Å². The zero-order valence-corrected chi connectivity index (χ0v) is 14.8. The molecule has 0 unspecified atom stereocenters. The minimum Gasteiger partial charge on any atom is -0.423 e. The molecule has 12 heteroatoms. The topological polar surface area (TPSA) is 160 Å². The lowest BCUT2D eigenvalue weighted by molar-refractivity contribution is -0.396. The van der Waals surface area contributed by atoms with Crippen LogP contribution in [-0.4, -0.2) is 18.3 Å². The van der Waals surface area contributed by atoms with Crippen molar-refractivity contribution < 1.29 is 26.9 Å². The molecule has 0 bridgehead atoms. The number of nitro benzene ring substituents is 2. The molecule has 0 saturated heterocycles. The molecule has 144 valence electrons. The Kier molecular flexibility index (Phi) is 4.56. The molecule has 2 aromatic carbocycles. The molecule has 3 rings (SSSR count). The number of hydrogen-bond acceptors (Lipinski definition) is 9. The first-order valence-corrected chi connectivity index (χ1v) is 8.91. The third-order valence-electron chi connectivity index (χ3n) is 3.75. The lowest BCUT2D eigenvalue weighted by Gasteiger charge is -2.08. The van der Waals surface area contributed by atoms with Crippen molar-refractivity contribution in [3.8, 4) is 5.75 Å². The van der Waals surface area contributed by atoms with E-state index in [2.05, 4.69) is 0 Å². The highest BCUT2D eigenvalue weighted by Crippen LogP contribution is 2.31. The van der Waals surface area contributed by atoms with Crippen LogP contribution in [0.25, 0.3) is 11.0 Å². The summed E-state index contributed by atoms with van der Waals surface area (Å²) in [5.74, 6) is -0.256. The maximum absolute atomic E-state index is 12.5. The van der Waals surface area contributed by atoms with Gasteiger partial charge in [-0.3, -0.25) is 20.2 Å². The fourth-order valence-electron chi connectivity index (χ4n) is 2.50. The largest absolute Gasteiger partial charge is 0.423 e. The number of aryl methyl sites for hydroxylation is 1. The van der Waals surface area contributed by atoms with Gasteiger partial charge in [0.2, 0.25) is 0 Å². The predicted molar refractivity (Wildman–Crippen MR) is 94.8 cm³/mol. The summed E-state index contributed by atoms with van der Waals surface area (Å²) >= 11 is 0. The maximum Gasteiger partial charge on any atom is 0.346 e. The molecule has 28 heavy (non-hydrogen) atoms. The summed E-state index contributed by atoms with van der Waals surface area (Å²) < 4.78 is 34.9. The van der Waals surface area contributed by atoms with Crippen molar-refractivity contribution in [3.63, 3.8) is 0 Å². The normalized spacial score (nSPS) is 11.3. The highest BCUT2D eigenvalue weighted by atomic mass is 32.2.